The molecule has 0 bridgehead atoms. The zero-order valence-electron chi connectivity index (χ0n) is 26.6. The van der Waals surface area contributed by atoms with Gasteiger partial charge in [-0.25, -0.2) is 4.79 Å². The van der Waals surface area contributed by atoms with Crippen molar-refractivity contribution < 1.29 is 28.9 Å². The van der Waals surface area contributed by atoms with E-state index in [2.05, 4.69) is 36.3 Å². The van der Waals surface area contributed by atoms with Gasteiger partial charge in [0.05, 0.1) is 18.8 Å². The third kappa shape index (κ3) is 9.33. The number of ether oxygens (including phenoxy) is 3. The Labute approximate surface area is 280 Å². The molecule has 1 saturated heterocycles. The normalized spacial score (nSPS) is 19.0. The first kappa shape index (κ1) is 33.9. The first-order chi connectivity index (χ1) is 22.8. The molecular weight excluding hydrogens is 612 g/mol. The van der Waals surface area contributed by atoms with Crippen LogP contribution in [0.1, 0.15) is 48.5 Å². The highest BCUT2D eigenvalue weighted by Gasteiger charge is 2.38. The van der Waals surface area contributed by atoms with Gasteiger partial charge >= 0.3 is 6.09 Å². The summed E-state index contributed by atoms with van der Waals surface area (Å²) in [4.78, 5) is 24.3. The maximum Gasteiger partial charge on any atom is 0.407 e. The summed E-state index contributed by atoms with van der Waals surface area (Å²) in [5.74, 6) is 0.671. The van der Waals surface area contributed by atoms with Crippen LogP contribution in [0.5, 0.6) is 0 Å². The average molecular weight is 653 g/mol. The maximum absolute atomic E-state index is 11.8. The van der Waals surface area contributed by atoms with E-state index in [0.29, 0.717) is 12.3 Å². The van der Waals surface area contributed by atoms with Crippen molar-refractivity contribution >= 4 is 29.4 Å². The van der Waals surface area contributed by atoms with Crippen molar-refractivity contribution in [2.75, 3.05) is 17.7 Å². The Hall–Kier alpha value is -4.41. The molecule has 3 N–H and O–H groups in total. The molecule has 4 aromatic carbocycles. The van der Waals surface area contributed by atoms with Gasteiger partial charge in [0.15, 0.2) is 6.29 Å². The second kappa shape index (κ2) is 16.4. The predicted octanol–water partition coefficient (Wildman–Crippen LogP) is 7.80. The highest BCUT2D eigenvalue weighted by atomic mass is 32.2. The van der Waals surface area contributed by atoms with E-state index in [1.165, 1.54) is 13.0 Å². The molecule has 9 heteroatoms. The van der Waals surface area contributed by atoms with Crippen LogP contribution < -0.4 is 10.6 Å². The van der Waals surface area contributed by atoms with Crippen LogP contribution >= 0.6 is 11.8 Å². The van der Waals surface area contributed by atoms with E-state index < -0.39 is 12.4 Å². The number of alkyl carbamates (subject to hydrolysis) is 1. The van der Waals surface area contributed by atoms with Crippen molar-refractivity contribution in [3.05, 3.63) is 132 Å². The average Bonchev–Trinajstić information content (AvgIpc) is 3.10. The molecule has 1 heterocycles. The fraction of sp³-hybridized carbons (Fsp3) is 0.263. The van der Waals surface area contributed by atoms with Gasteiger partial charge in [-0.05, 0) is 58.1 Å². The Morgan fingerprint density at radius 3 is 2.32 bits per heavy atom. The standard InChI is InChI=1S/C38H40N2O6S/c1-4-20-44-38(43)39-22-28-6-5-7-32(21-28)29-12-14-31(15-13-29)37-45-35(24-47-34-18-16-33(17-19-34)40-26(3)42)25(2)36(46-37)30-10-8-27(23-41)9-11-30/h4-19,21,25,35-37,41H,1,20,22-24H2,2-3H3,(H,39,43)(H,40,42)/t25-,35+,36+,37+/m1/s1. The Bertz CT molecular complexity index is 1640. The summed E-state index contributed by atoms with van der Waals surface area (Å²) in [7, 11) is 0. The molecule has 1 aliphatic heterocycles. The topological polar surface area (TPSA) is 106 Å². The second-order valence-corrected chi connectivity index (χ2v) is 12.5. The summed E-state index contributed by atoms with van der Waals surface area (Å²) in [6.07, 6.45) is 0.141. The lowest BCUT2D eigenvalue weighted by atomic mass is 9.91. The van der Waals surface area contributed by atoms with Gasteiger partial charge in [0.25, 0.3) is 0 Å². The van der Waals surface area contributed by atoms with Crippen molar-refractivity contribution in [2.45, 2.75) is 50.4 Å². The lowest BCUT2D eigenvalue weighted by Crippen LogP contribution is -2.38. The Morgan fingerprint density at radius 2 is 1.64 bits per heavy atom. The van der Waals surface area contributed by atoms with Gasteiger partial charge in [-0.3, -0.25) is 4.79 Å². The van der Waals surface area contributed by atoms with Crippen LogP contribution in [0.25, 0.3) is 11.1 Å². The number of amides is 2. The number of anilines is 1. The van der Waals surface area contributed by atoms with Crippen molar-refractivity contribution in [3.8, 4) is 11.1 Å². The molecule has 2 amide bonds. The van der Waals surface area contributed by atoms with E-state index in [4.69, 9.17) is 14.2 Å². The molecule has 0 aliphatic carbocycles. The largest absolute Gasteiger partial charge is 0.445 e. The summed E-state index contributed by atoms with van der Waals surface area (Å²) in [6, 6.07) is 31.9. The van der Waals surface area contributed by atoms with E-state index in [1.54, 1.807) is 11.8 Å². The van der Waals surface area contributed by atoms with E-state index in [1.807, 2.05) is 84.9 Å². The van der Waals surface area contributed by atoms with Gasteiger partial charge in [0.1, 0.15) is 6.61 Å². The van der Waals surface area contributed by atoms with Gasteiger partial charge in [-0.2, -0.15) is 0 Å². The molecule has 0 unspecified atom stereocenters. The molecule has 8 nitrogen and oxygen atoms in total. The predicted molar refractivity (Wildman–Crippen MR) is 185 cm³/mol. The van der Waals surface area contributed by atoms with Crippen LogP contribution in [0.15, 0.2) is 115 Å². The zero-order chi connectivity index (χ0) is 33.2. The maximum atomic E-state index is 11.8. The molecule has 1 aliphatic rings. The highest BCUT2D eigenvalue weighted by molar-refractivity contribution is 7.99. The molecule has 0 aromatic heterocycles. The summed E-state index contributed by atoms with van der Waals surface area (Å²) in [5.41, 5.74) is 6.57. The number of carbonyl (C=O) groups is 2. The minimum atomic E-state index is -0.576. The molecule has 4 atom stereocenters. The molecular formula is C38H40N2O6S. The van der Waals surface area contributed by atoms with Crippen molar-refractivity contribution in [3.63, 3.8) is 0 Å². The first-order valence-electron chi connectivity index (χ1n) is 15.5. The number of benzene rings is 4. The summed E-state index contributed by atoms with van der Waals surface area (Å²) in [6.45, 7) is 7.70. The lowest BCUT2D eigenvalue weighted by molar-refractivity contribution is -0.268. The van der Waals surface area contributed by atoms with E-state index >= 15 is 0 Å². The lowest BCUT2D eigenvalue weighted by Gasteiger charge is -2.41. The number of rotatable bonds is 12. The fourth-order valence-corrected chi connectivity index (χ4v) is 6.45. The number of hydrogen-bond acceptors (Lipinski definition) is 7. The molecule has 0 saturated carbocycles. The molecule has 244 valence electrons. The third-order valence-electron chi connectivity index (χ3n) is 7.92. The zero-order valence-corrected chi connectivity index (χ0v) is 27.4. The van der Waals surface area contributed by atoms with Crippen molar-refractivity contribution in [2.24, 2.45) is 5.92 Å². The van der Waals surface area contributed by atoms with Crippen LogP contribution in [0.2, 0.25) is 0 Å². The third-order valence-corrected chi connectivity index (χ3v) is 9.03. The number of hydrogen-bond donors (Lipinski definition) is 3. The number of nitrogens with one attached hydrogen (secondary N) is 2. The van der Waals surface area contributed by atoms with E-state index in [9.17, 15) is 14.7 Å². The Kier molecular flexibility index (Phi) is 11.9. The van der Waals surface area contributed by atoms with Gasteiger partial charge in [0, 0.05) is 41.3 Å². The Balaban J connectivity index is 1.31. The number of thioether (sulfide) groups is 1. The SMILES string of the molecule is C=CCOC(=O)NCc1cccc(-c2ccc([C@H]3O[C@@H](CSc4ccc(NC(C)=O)cc4)[C@@H](C)[C@@H](c4ccc(CO)cc4)O3)cc2)c1. The van der Waals surface area contributed by atoms with Crippen LogP contribution in [-0.2, 0) is 32.2 Å². The van der Waals surface area contributed by atoms with E-state index in [-0.39, 0.29) is 37.2 Å². The van der Waals surface area contributed by atoms with Crippen LogP contribution in [0.4, 0.5) is 10.5 Å². The van der Waals surface area contributed by atoms with Gasteiger partial charge < -0.3 is 30.0 Å². The van der Waals surface area contributed by atoms with Crippen LogP contribution in [0.3, 0.4) is 0 Å². The van der Waals surface area contributed by atoms with Crippen molar-refractivity contribution in [1.29, 1.82) is 0 Å². The quantitative estimate of drug-likeness (QED) is 0.106. The molecule has 0 radical (unpaired) electrons. The second-order valence-electron chi connectivity index (χ2n) is 11.4. The number of aliphatic hydroxyl groups is 1. The van der Waals surface area contributed by atoms with Crippen LogP contribution in [0, 0.1) is 5.92 Å². The van der Waals surface area contributed by atoms with Crippen molar-refractivity contribution in [1.82, 2.24) is 5.32 Å². The first-order valence-corrected chi connectivity index (χ1v) is 16.5. The highest BCUT2D eigenvalue weighted by Crippen LogP contribution is 2.43. The number of aliphatic hydroxyl groups excluding tert-OH is 1. The molecule has 0 spiro atoms. The van der Waals surface area contributed by atoms with E-state index in [0.717, 1.165) is 44.0 Å². The van der Waals surface area contributed by atoms with Gasteiger partial charge in [-0.1, -0.05) is 86.3 Å². The molecule has 47 heavy (non-hydrogen) atoms. The molecule has 5 rings (SSSR count). The smallest absolute Gasteiger partial charge is 0.407 e. The monoisotopic (exact) mass is 652 g/mol. The minimum absolute atomic E-state index is 0.0128. The Morgan fingerprint density at radius 1 is 0.915 bits per heavy atom. The summed E-state index contributed by atoms with van der Waals surface area (Å²) >= 11 is 1.70. The number of carbonyl (C=O) groups excluding carboxylic acids is 2. The fourth-order valence-electron chi connectivity index (χ4n) is 5.38. The van der Waals surface area contributed by atoms with Crippen LogP contribution in [-0.4, -0.2) is 35.6 Å². The molecule has 1 fully saturated rings. The molecule has 4 aromatic rings. The summed E-state index contributed by atoms with van der Waals surface area (Å²) < 4.78 is 18.3. The van der Waals surface area contributed by atoms with Gasteiger partial charge in [0.2, 0.25) is 5.91 Å². The summed E-state index contributed by atoms with van der Waals surface area (Å²) in [5, 5.41) is 15.1. The van der Waals surface area contributed by atoms with Gasteiger partial charge in [-0.15, -0.1) is 11.8 Å². The minimum Gasteiger partial charge on any atom is -0.445 e.